The highest BCUT2D eigenvalue weighted by molar-refractivity contribution is 5.85. The molecule has 5 heteroatoms. The van der Waals surface area contributed by atoms with E-state index in [1.807, 2.05) is 0 Å². The van der Waals surface area contributed by atoms with Crippen molar-refractivity contribution in [2.75, 3.05) is 13.1 Å². The topological polar surface area (TPSA) is 61.4 Å². The highest BCUT2D eigenvalue weighted by Gasteiger charge is 2.45. The minimum Gasteiger partial charge on any atom is -0.392 e. The maximum Gasteiger partial charge on any atom is 0.237 e. The molecule has 0 aromatic carbocycles. The quantitative estimate of drug-likeness (QED) is 0.673. The molecule has 3 atom stereocenters. The molecule has 1 saturated carbocycles. The highest BCUT2D eigenvalue weighted by Crippen LogP contribution is 2.50. The zero-order valence-corrected chi connectivity index (χ0v) is 10.6. The molecule has 16 heavy (non-hydrogen) atoms. The van der Waals surface area contributed by atoms with Crippen molar-refractivity contribution in [2.24, 2.45) is 11.3 Å². The van der Waals surface area contributed by atoms with Crippen LogP contribution < -0.4 is 10.6 Å². The summed E-state index contributed by atoms with van der Waals surface area (Å²) in [4.78, 5) is 11.6. The lowest BCUT2D eigenvalue weighted by atomic mass is 10.1. The maximum atomic E-state index is 11.6. The minimum atomic E-state index is -0.363. The first-order chi connectivity index (χ1) is 6.99. The van der Waals surface area contributed by atoms with E-state index in [-0.39, 0.29) is 30.5 Å². The molecule has 1 saturated heterocycles. The van der Waals surface area contributed by atoms with Gasteiger partial charge in [-0.15, -0.1) is 12.4 Å². The number of carbonyl (C=O) groups excluding carboxylic acids is 1. The van der Waals surface area contributed by atoms with E-state index in [1.54, 1.807) is 0 Å². The Kier molecular flexibility index (Phi) is 4.21. The van der Waals surface area contributed by atoms with Gasteiger partial charge >= 0.3 is 0 Å². The van der Waals surface area contributed by atoms with Gasteiger partial charge in [-0.1, -0.05) is 13.8 Å². The summed E-state index contributed by atoms with van der Waals surface area (Å²) in [5.74, 6) is 0.669. The molecule has 0 spiro atoms. The van der Waals surface area contributed by atoms with Crippen LogP contribution in [-0.4, -0.2) is 36.2 Å². The summed E-state index contributed by atoms with van der Waals surface area (Å²) < 4.78 is 0. The third-order valence-electron chi connectivity index (χ3n) is 3.66. The van der Waals surface area contributed by atoms with Gasteiger partial charge in [-0.25, -0.2) is 0 Å². The van der Waals surface area contributed by atoms with Gasteiger partial charge in [-0.3, -0.25) is 4.79 Å². The summed E-state index contributed by atoms with van der Waals surface area (Å²) in [7, 11) is 0. The van der Waals surface area contributed by atoms with E-state index in [9.17, 15) is 9.90 Å². The van der Waals surface area contributed by atoms with Crippen LogP contribution in [0.25, 0.3) is 0 Å². The molecule has 0 bridgehead atoms. The van der Waals surface area contributed by atoms with Crippen LogP contribution in [0, 0.1) is 11.3 Å². The molecule has 2 fully saturated rings. The molecular weight excluding hydrogens is 228 g/mol. The van der Waals surface area contributed by atoms with E-state index in [2.05, 4.69) is 24.5 Å². The number of nitrogens with one attached hydrogen (secondary N) is 2. The first kappa shape index (κ1) is 13.7. The van der Waals surface area contributed by atoms with Crippen molar-refractivity contribution >= 4 is 18.3 Å². The number of aliphatic hydroxyl groups excluding tert-OH is 1. The molecule has 4 nitrogen and oxygen atoms in total. The number of aliphatic hydroxyl groups is 1. The van der Waals surface area contributed by atoms with Crippen molar-refractivity contribution in [3.8, 4) is 0 Å². The number of β-amino-alcohol motifs (C(OH)–C–C–N with tert-alkyl or cyclic N) is 1. The molecule has 0 radical (unpaired) electrons. The third kappa shape index (κ3) is 3.09. The highest BCUT2D eigenvalue weighted by atomic mass is 35.5. The van der Waals surface area contributed by atoms with Gasteiger partial charge in [0.25, 0.3) is 0 Å². The van der Waals surface area contributed by atoms with Crippen LogP contribution >= 0.6 is 12.4 Å². The second kappa shape index (κ2) is 4.90. The van der Waals surface area contributed by atoms with Gasteiger partial charge in [0.2, 0.25) is 5.91 Å². The first-order valence-electron chi connectivity index (χ1n) is 5.68. The Labute approximate surface area is 103 Å². The van der Waals surface area contributed by atoms with Crippen LogP contribution in [0.3, 0.4) is 0 Å². The molecule has 1 heterocycles. The van der Waals surface area contributed by atoms with Crippen molar-refractivity contribution in [3.63, 3.8) is 0 Å². The summed E-state index contributed by atoms with van der Waals surface area (Å²) in [6.07, 6.45) is 1.38. The van der Waals surface area contributed by atoms with Crippen molar-refractivity contribution in [1.29, 1.82) is 0 Å². The Balaban J connectivity index is 0.00000128. The predicted octanol–water partition coefficient (Wildman–Crippen LogP) is 0.293. The third-order valence-corrected chi connectivity index (χ3v) is 3.66. The lowest BCUT2D eigenvalue weighted by Gasteiger charge is -2.11. The van der Waals surface area contributed by atoms with Gasteiger partial charge in [0.15, 0.2) is 0 Å². The van der Waals surface area contributed by atoms with E-state index >= 15 is 0 Å². The number of rotatable bonds is 3. The molecule has 1 amide bonds. The van der Waals surface area contributed by atoms with Gasteiger partial charge in [-0.05, 0) is 24.2 Å². The Morgan fingerprint density at radius 2 is 2.19 bits per heavy atom. The standard InChI is InChI=1S/C11H20N2O2.ClH/c1-11(2)4-7(11)5-13-10(15)9-3-8(14)6-12-9;/h7-9,12,14H,3-6H2,1-2H3,(H,13,15);1H/t7?,8-,9-;/m1./s1. The average Bonchev–Trinajstić information content (AvgIpc) is 2.59. The number of halogens is 1. The van der Waals surface area contributed by atoms with E-state index in [0.29, 0.717) is 24.3 Å². The molecule has 1 aliphatic heterocycles. The van der Waals surface area contributed by atoms with E-state index < -0.39 is 0 Å². The van der Waals surface area contributed by atoms with E-state index in [1.165, 1.54) is 6.42 Å². The van der Waals surface area contributed by atoms with Crippen molar-refractivity contribution < 1.29 is 9.90 Å². The molecule has 2 rings (SSSR count). The van der Waals surface area contributed by atoms with Gasteiger partial charge in [-0.2, -0.15) is 0 Å². The zero-order chi connectivity index (χ0) is 11.1. The lowest BCUT2D eigenvalue weighted by molar-refractivity contribution is -0.123. The summed E-state index contributed by atoms with van der Waals surface area (Å²) >= 11 is 0. The van der Waals surface area contributed by atoms with Crippen molar-refractivity contribution in [1.82, 2.24) is 10.6 Å². The average molecular weight is 249 g/mol. The van der Waals surface area contributed by atoms with E-state index in [4.69, 9.17) is 0 Å². The Hall–Kier alpha value is -0.320. The van der Waals surface area contributed by atoms with Crippen LogP contribution in [0.2, 0.25) is 0 Å². The monoisotopic (exact) mass is 248 g/mol. The normalized spacial score (nSPS) is 35.3. The predicted molar refractivity (Wildman–Crippen MR) is 64.6 cm³/mol. The Morgan fingerprint density at radius 1 is 1.56 bits per heavy atom. The Morgan fingerprint density at radius 3 is 2.62 bits per heavy atom. The molecule has 1 unspecified atom stereocenters. The fourth-order valence-corrected chi connectivity index (χ4v) is 2.19. The van der Waals surface area contributed by atoms with Crippen molar-refractivity contribution in [2.45, 2.75) is 38.8 Å². The zero-order valence-electron chi connectivity index (χ0n) is 9.82. The molecule has 2 aliphatic rings. The van der Waals surface area contributed by atoms with Gasteiger partial charge < -0.3 is 15.7 Å². The van der Waals surface area contributed by atoms with Gasteiger partial charge in [0.05, 0.1) is 12.1 Å². The van der Waals surface area contributed by atoms with Gasteiger partial charge in [0, 0.05) is 13.1 Å². The summed E-state index contributed by atoms with van der Waals surface area (Å²) in [6, 6.07) is -0.193. The van der Waals surface area contributed by atoms with Crippen LogP contribution in [0.4, 0.5) is 0 Å². The number of amides is 1. The number of carbonyl (C=O) groups is 1. The molecule has 94 valence electrons. The minimum absolute atomic E-state index is 0. The van der Waals surface area contributed by atoms with Crippen LogP contribution in [0.5, 0.6) is 0 Å². The fraction of sp³-hybridized carbons (Fsp3) is 0.909. The largest absolute Gasteiger partial charge is 0.392 e. The SMILES string of the molecule is CC1(C)CC1CNC(=O)[C@H]1C[C@@H](O)CN1.Cl. The first-order valence-corrected chi connectivity index (χ1v) is 5.68. The summed E-state index contributed by atoms with van der Waals surface area (Å²) in [6.45, 7) is 5.76. The molecule has 0 aromatic heterocycles. The number of hydrogen-bond donors (Lipinski definition) is 3. The van der Waals surface area contributed by atoms with E-state index in [0.717, 1.165) is 6.54 Å². The molecule has 3 N–H and O–H groups in total. The fourth-order valence-electron chi connectivity index (χ4n) is 2.19. The van der Waals surface area contributed by atoms with Crippen LogP contribution in [-0.2, 0) is 4.79 Å². The number of hydrogen-bond acceptors (Lipinski definition) is 3. The van der Waals surface area contributed by atoms with Crippen LogP contribution in [0.15, 0.2) is 0 Å². The second-order valence-corrected chi connectivity index (χ2v) is 5.49. The maximum absolute atomic E-state index is 11.6. The molecular formula is C11H21ClN2O2. The van der Waals surface area contributed by atoms with Crippen LogP contribution in [0.1, 0.15) is 26.7 Å². The van der Waals surface area contributed by atoms with Gasteiger partial charge in [0.1, 0.15) is 0 Å². The molecule has 1 aliphatic carbocycles. The second-order valence-electron chi connectivity index (χ2n) is 5.49. The van der Waals surface area contributed by atoms with Crippen molar-refractivity contribution in [3.05, 3.63) is 0 Å². The smallest absolute Gasteiger partial charge is 0.237 e. The summed E-state index contributed by atoms with van der Waals surface area (Å²) in [5.41, 5.74) is 0.413. The Bertz CT molecular complexity index is 271. The summed E-state index contributed by atoms with van der Waals surface area (Å²) in [5, 5.41) is 15.2. The lowest BCUT2D eigenvalue weighted by Crippen LogP contribution is -2.41. The molecule has 0 aromatic rings.